The van der Waals surface area contributed by atoms with E-state index in [0.717, 1.165) is 37.7 Å². The zero-order chi connectivity index (χ0) is 21.5. The topological polar surface area (TPSA) is 89.7 Å². The first kappa shape index (κ1) is 21.5. The van der Waals surface area contributed by atoms with E-state index in [-0.39, 0.29) is 35.5 Å². The van der Waals surface area contributed by atoms with Crippen LogP contribution in [0, 0.1) is 5.82 Å². The predicted octanol–water partition coefficient (Wildman–Crippen LogP) is 3.44. The van der Waals surface area contributed by atoms with Crippen molar-refractivity contribution in [3.05, 3.63) is 71.0 Å². The van der Waals surface area contributed by atoms with Crippen molar-refractivity contribution in [2.75, 3.05) is 6.61 Å². The fourth-order valence-corrected chi connectivity index (χ4v) is 3.66. The van der Waals surface area contributed by atoms with Crippen molar-refractivity contribution in [1.29, 1.82) is 0 Å². The lowest BCUT2D eigenvalue weighted by molar-refractivity contribution is -0.138. The van der Waals surface area contributed by atoms with Crippen molar-refractivity contribution in [3.8, 4) is 0 Å². The first-order valence-corrected chi connectivity index (χ1v) is 10.0. The molecule has 2 amide bonds. The largest absolute Gasteiger partial charge is 0.452 e. The Kier molecular flexibility index (Phi) is 7.17. The molecular formula is C23H25FN2O4. The molecule has 0 aliphatic heterocycles. The van der Waals surface area contributed by atoms with Gasteiger partial charge in [-0.1, -0.05) is 31.4 Å². The minimum Gasteiger partial charge on any atom is -0.452 e. The number of carbonyl (C=O) groups excluding carboxylic acids is 3. The Morgan fingerprint density at radius 3 is 2.13 bits per heavy atom. The lowest BCUT2D eigenvalue weighted by Crippen LogP contribution is -2.43. The summed E-state index contributed by atoms with van der Waals surface area (Å²) in [5, 5.41) is 0. The number of amides is 2. The Morgan fingerprint density at radius 1 is 0.933 bits per heavy atom. The van der Waals surface area contributed by atoms with Crippen LogP contribution in [0.5, 0.6) is 0 Å². The lowest BCUT2D eigenvalue weighted by atomic mass is 9.93. The minimum absolute atomic E-state index is 0.0739. The van der Waals surface area contributed by atoms with E-state index in [0.29, 0.717) is 6.54 Å². The third-order valence-electron chi connectivity index (χ3n) is 5.33. The van der Waals surface area contributed by atoms with Crippen LogP contribution in [0.2, 0.25) is 0 Å². The first-order valence-electron chi connectivity index (χ1n) is 10.0. The summed E-state index contributed by atoms with van der Waals surface area (Å²) in [5.74, 6) is -1.85. The number of nitrogens with zero attached hydrogens (tertiary/aromatic N) is 1. The lowest BCUT2D eigenvalue weighted by Gasteiger charge is -2.34. The summed E-state index contributed by atoms with van der Waals surface area (Å²) in [4.78, 5) is 38.0. The molecular weight excluding hydrogens is 387 g/mol. The predicted molar refractivity (Wildman–Crippen MR) is 109 cm³/mol. The van der Waals surface area contributed by atoms with E-state index >= 15 is 0 Å². The second kappa shape index (κ2) is 10.0. The molecule has 0 aromatic heterocycles. The summed E-state index contributed by atoms with van der Waals surface area (Å²) in [6, 6.07) is 11.9. The third-order valence-corrected chi connectivity index (χ3v) is 5.33. The molecule has 0 unspecified atom stereocenters. The van der Waals surface area contributed by atoms with Crippen LogP contribution in [0.1, 0.15) is 58.4 Å². The molecule has 0 heterocycles. The van der Waals surface area contributed by atoms with E-state index in [1.165, 1.54) is 36.4 Å². The van der Waals surface area contributed by atoms with Crippen LogP contribution < -0.4 is 5.73 Å². The second-order valence-electron chi connectivity index (χ2n) is 7.46. The standard InChI is InChI=1S/C23H25FN2O4/c24-19-12-6-16(7-13-19)14-26(20-4-2-1-3-5-20)21(27)15-30-23(29)18-10-8-17(9-11-18)22(25)28/h6-13,20H,1-5,14-15H2,(H2,25,28). The monoisotopic (exact) mass is 412 g/mol. The molecule has 0 atom stereocenters. The Labute approximate surface area is 174 Å². The maximum Gasteiger partial charge on any atom is 0.338 e. The number of nitrogens with two attached hydrogens (primary N) is 1. The van der Waals surface area contributed by atoms with Crippen molar-refractivity contribution in [2.45, 2.75) is 44.7 Å². The molecule has 2 aromatic carbocycles. The Balaban J connectivity index is 1.65. The summed E-state index contributed by atoms with van der Waals surface area (Å²) in [7, 11) is 0. The molecule has 6 nitrogen and oxygen atoms in total. The van der Waals surface area contributed by atoms with Crippen LogP contribution in [0.3, 0.4) is 0 Å². The van der Waals surface area contributed by atoms with Gasteiger partial charge in [0.15, 0.2) is 6.61 Å². The van der Waals surface area contributed by atoms with Crippen molar-refractivity contribution < 1.29 is 23.5 Å². The van der Waals surface area contributed by atoms with Gasteiger partial charge in [0.05, 0.1) is 5.56 Å². The van der Waals surface area contributed by atoms with Crippen LogP contribution in [-0.4, -0.2) is 35.3 Å². The van der Waals surface area contributed by atoms with E-state index in [1.54, 1.807) is 17.0 Å². The molecule has 0 saturated heterocycles. The quantitative estimate of drug-likeness (QED) is 0.706. The van der Waals surface area contributed by atoms with E-state index in [1.807, 2.05) is 0 Å². The average molecular weight is 412 g/mol. The van der Waals surface area contributed by atoms with E-state index in [9.17, 15) is 18.8 Å². The van der Waals surface area contributed by atoms with Gasteiger partial charge in [-0.15, -0.1) is 0 Å². The highest BCUT2D eigenvalue weighted by molar-refractivity contribution is 5.95. The van der Waals surface area contributed by atoms with Crippen LogP contribution in [-0.2, 0) is 16.1 Å². The maximum atomic E-state index is 13.2. The van der Waals surface area contributed by atoms with E-state index in [2.05, 4.69) is 0 Å². The van der Waals surface area contributed by atoms with Crippen molar-refractivity contribution in [3.63, 3.8) is 0 Å². The number of primary amides is 1. The number of carbonyl (C=O) groups is 3. The summed E-state index contributed by atoms with van der Waals surface area (Å²) in [6.45, 7) is -0.0390. The Hall–Kier alpha value is -3.22. The second-order valence-corrected chi connectivity index (χ2v) is 7.46. The fraction of sp³-hybridized carbons (Fsp3) is 0.348. The molecule has 0 radical (unpaired) electrons. The van der Waals surface area contributed by atoms with Gasteiger partial charge in [-0.25, -0.2) is 9.18 Å². The van der Waals surface area contributed by atoms with Gasteiger partial charge in [-0.05, 0) is 54.8 Å². The number of benzene rings is 2. The summed E-state index contributed by atoms with van der Waals surface area (Å²) >= 11 is 0. The molecule has 0 spiro atoms. The third kappa shape index (κ3) is 5.65. The Bertz CT molecular complexity index is 890. The molecule has 1 aliphatic carbocycles. The number of rotatable bonds is 7. The number of halogens is 1. The smallest absolute Gasteiger partial charge is 0.338 e. The van der Waals surface area contributed by atoms with E-state index in [4.69, 9.17) is 10.5 Å². The van der Waals surface area contributed by atoms with Gasteiger partial charge in [0, 0.05) is 18.2 Å². The van der Waals surface area contributed by atoms with Gasteiger partial charge < -0.3 is 15.4 Å². The molecule has 0 bridgehead atoms. The number of hydrogen-bond donors (Lipinski definition) is 1. The summed E-state index contributed by atoms with van der Waals surface area (Å²) < 4.78 is 18.4. The highest BCUT2D eigenvalue weighted by atomic mass is 19.1. The van der Waals surface area contributed by atoms with Gasteiger partial charge in [0.25, 0.3) is 5.91 Å². The molecule has 1 saturated carbocycles. The van der Waals surface area contributed by atoms with Crippen molar-refractivity contribution in [2.24, 2.45) is 5.73 Å². The number of ether oxygens (including phenoxy) is 1. The number of esters is 1. The number of hydrogen-bond acceptors (Lipinski definition) is 4. The highest BCUT2D eigenvalue weighted by Crippen LogP contribution is 2.24. The van der Waals surface area contributed by atoms with Crippen LogP contribution in [0.4, 0.5) is 4.39 Å². The van der Waals surface area contributed by atoms with Gasteiger partial charge in [-0.2, -0.15) is 0 Å². The summed E-state index contributed by atoms with van der Waals surface area (Å²) in [5.41, 5.74) is 6.53. The fourth-order valence-electron chi connectivity index (χ4n) is 3.66. The molecule has 3 rings (SSSR count). The highest BCUT2D eigenvalue weighted by Gasteiger charge is 2.26. The zero-order valence-electron chi connectivity index (χ0n) is 16.7. The van der Waals surface area contributed by atoms with Crippen molar-refractivity contribution in [1.82, 2.24) is 4.90 Å². The first-order chi connectivity index (χ1) is 14.4. The molecule has 2 N–H and O–H groups in total. The van der Waals surface area contributed by atoms with Gasteiger partial charge >= 0.3 is 5.97 Å². The molecule has 7 heteroatoms. The minimum atomic E-state index is -0.648. The average Bonchev–Trinajstić information content (AvgIpc) is 2.77. The Morgan fingerprint density at radius 2 is 1.53 bits per heavy atom. The van der Waals surface area contributed by atoms with E-state index < -0.39 is 11.9 Å². The molecule has 158 valence electrons. The molecule has 30 heavy (non-hydrogen) atoms. The SMILES string of the molecule is NC(=O)c1ccc(C(=O)OCC(=O)N(Cc2ccc(F)cc2)C2CCCCC2)cc1. The molecule has 1 fully saturated rings. The summed E-state index contributed by atoms with van der Waals surface area (Å²) in [6.07, 6.45) is 5.03. The van der Waals surface area contributed by atoms with Gasteiger partial charge in [0.1, 0.15) is 5.82 Å². The zero-order valence-corrected chi connectivity index (χ0v) is 16.7. The van der Waals surface area contributed by atoms with Crippen LogP contribution in [0.15, 0.2) is 48.5 Å². The molecule has 1 aliphatic rings. The van der Waals surface area contributed by atoms with Crippen LogP contribution >= 0.6 is 0 Å². The maximum absolute atomic E-state index is 13.2. The molecule has 2 aromatic rings. The normalized spacial score (nSPS) is 14.2. The van der Waals surface area contributed by atoms with Crippen molar-refractivity contribution >= 4 is 17.8 Å². The van der Waals surface area contributed by atoms with Gasteiger partial charge in [0.2, 0.25) is 5.91 Å². The van der Waals surface area contributed by atoms with Crippen LogP contribution in [0.25, 0.3) is 0 Å². The van der Waals surface area contributed by atoms with Gasteiger partial charge in [-0.3, -0.25) is 9.59 Å².